The van der Waals surface area contributed by atoms with E-state index in [1.54, 1.807) is 0 Å². The van der Waals surface area contributed by atoms with Gasteiger partial charge in [-0.05, 0) is 22.3 Å². The maximum absolute atomic E-state index is 13.4. The standard InChI is InChI=1S/C23H19Cl2NO4/c24-9-12(10-25)30-17(27)11-26-22(28)20-18-13-5-1-2-6-14(13)19(21(20)23(26)29)16-8-4-3-7-15(16)18/h1-8,12,18-21H,9-11H2/t18?,19?,20-,21+. The summed E-state index contributed by atoms with van der Waals surface area (Å²) < 4.78 is 5.20. The molecular formula is C23H19Cl2NO4. The predicted molar refractivity (Wildman–Crippen MR) is 112 cm³/mol. The second kappa shape index (κ2) is 7.40. The fourth-order valence-corrected chi connectivity index (χ4v) is 5.81. The quantitative estimate of drug-likeness (QED) is 0.404. The Labute approximate surface area is 183 Å². The van der Waals surface area contributed by atoms with Crippen LogP contribution in [0.3, 0.4) is 0 Å². The Balaban J connectivity index is 1.52. The van der Waals surface area contributed by atoms with E-state index in [9.17, 15) is 14.4 Å². The average Bonchev–Trinajstić information content (AvgIpc) is 3.03. The number of rotatable bonds is 5. The Morgan fingerprint density at radius 1 is 0.833 bits per heavy atom. The Morgan fingerprint density at radius 3 is 1.60 bits per heavy atom. The monoisotopic (exact) mass is 443 g/mol. The number of hydrogen-bond acceptors (Lipinski definition) is 4. The SMILES string of the molecule is O=C(CN1C(=O)[C@@H]2C3c4ccccc4C(c4ccccc43)[C@@H]2C1=O)OC(CCl)CCl. The van der Waals surface area contributed by atoms with E-state index in [0.717, 1.165) is 27.2 Å². The summed E-state index contributed by atoms with van der Waals surface area (Å²) in [5.41, 5.74) is 4.38. The number of carbonyl (C=O) groups excluding carboxylic acids is 3. The summed E-state index contributed by atoms with van der Waals surface area (Å²) in [6.07, 6.45) is -0.652. The highest BCUT2D eigenvalue weighted by Crippen LogP contribution is 2.60. The van der Waals surface area contributed by atoms with Gasteiger partial charge in [0.15, 0.2) is 0 Å². The van der Waals surface area contributed by atoms with Gasteiger partial charge in [-0.25, -0.2) is 0 Å². The van der Waals surface area contributed by atoms with Crippen LogP contribution in [0.15, 0.2) is 48.5 Å². The summed E-state index contributed by atoms with van der Waals surface area (Å²) in [6.45, 7) is -0.416. The minimum absolute atomic E-state index is 0.0527. The second-order valence-corrected chi connectivity index (χ2v) is 8.57. The number of alkyl halides is 2. The molecule has 0 aromatic heterocycles. The Bertz CT molecular complexity index is 936. The summed E-state index contributed by atoms with van der Waals surface area (Å²) in [5.74, 6) is -2.58. The highest BCUT2D eigenvalue weighted by molar-refractivity contribution is 6.21. The minimum Gasteiger partial charge on any atom is -0.458 e. The number of halogens is 2. The number of amides is 2. The fraction of sp³-hybridized carbons (Fsp3) is 0.348. The van der Waals surface area contributed by atoms with E-state index < -0.39 is 30.5 Å². The van der Waals surface area contributed by atoms with E-state index in [1.165, 1.54) is 0 Å². The number of carbonyl (C=O) groups is 3. The summed E-state index contributed by atoms with van der Waals surface area (Å²) >= 11 is 11.5. The van der Waals surface area contributed by atoms with Gasteiger partial charge in [-0.1, -0.05) is 48.5 Å². The van der Waals surface area contributed by atoms with Crippen molar-refractivity contribution in [2.75, 3.05) is 18.3 Å². The molecule has 154 valence electrons. The zero-order valence-electron chi connectivity index (χ0n) is 16.0. The third-order valence-electron chi connectivity index (χ3n) is 6.47. The maximum Gasteiger partial charge on any atom is 0.326 e. The van der Waals surface area contributed by atoms with E-state index in [0.29, 0.717) is 0 Å². The zero-order chi connectivity index (χ0) is 21.0. The highest BCUT2D eigenvalue weighted by Gasteiger charge is 2.61. The lowest BCUT2D eigenvalue weighted by molar-refractivity contribution is -0.155. The van der Waals surface area contributed by atoms with Crippen LogP contribution in [0, 0.1) is 11.8 Å². The maximum atomic E-state index is 13.4. The number of imide groups is 1. The lowest BCUT2D eigenvalue weighted by Crippen LogP contribution is -2.41. The molecule has 1 aliphatic heterocycles. The van der Waals surface area contributed by atoms with Gasteiger partial charge in [-0.15, -0.1) is 23.2 Å². The smallest absolute Gasteiger partial charge is 0.326 e. The zero-order valence-corrected chi connectivity index (χ0v) is 17.5. The van der Waals surface area contributed by atoms with E-state index in [4.69, 9.17) is 27.9 Å². The summed E-state index contributed by atoms with van der Waals surface area (Å²) in [5, 5.41) is 0. The van der Waals surface area contributed by atoms with Crippen LogP contribution in [0.25, 0.3) is 0 Å². The molecule has 30 heavy (non-hydrogen) atoms. The van der Waals surface area contributed by atoms with Crippen molar-refractivity contribution in [1.29, 1.82) is 0 Å². The third kappa shape index (κ3) is 2.72. The van der Waals surface area contributed by atoms with Crippen molar-refractivity contribution in [3.05, 3.63) is 70.8 Å². The number of benzene rings is 2. The molecule has 0 N–H and O–H groups in total. The number of esters is 1. The molecule has 2 aromatic carbocycles. The molecule has 2 aromatic rings. The third-order valence-corrected chi connectivity index (χ3v) is 7.16. The summed E-state index contributed by atoms with van der Waals surface area (Å²) in [4.78, 5) is 40.1. The lowest BCUT2D eigenvalue weighted by Gasteiger charge is -2.45. The first-order valence-corrected chi connectivity index (χ1v) is 11.0. The van der Waals surface area contributed by atoms with E-state index in [2.05, 4.69) is 0 Å². The van der Waals surface area contributed by atoms with Crippen LogP contribution in [-0.4, -0.2) is 47.1 Å². The lowest BCUT2D eigenvalue weighted by atomic mass is 9.55. The molecule has 2 amide bonds. The van der Waals surface area contributed by atoms with Crippen molar-refractivity contribution in [3.63, 3.8) is 0 Å². The number of likely N-dealkylation sites (tertiary alicyclic amines) is 1. The largest absolute Gasteiger partial charge is 0.458 e. The summed E-state index contributed by atoms with van der Waals surface area (Å²) in [6, 6.07) is 16.0. The van der Waals surface area contributed by atoms with Crippen LogP contribution in [0.5, 0.6) is 0 Å². The summed E-state index contributed by atoms with van der Waals surface area (Å²) in [7, 11) is 0. The Kier molecular flexibility index (Phi) is 4.83. The molecule has 7 heteroatoms. The van der Waals surface area contributed by atoms with Crippen LogP contribution in [0.4, 0.5) is 0 Å². The van der Waals surface area contributed by atoms with Gasteiger partial charge in [-0.2, -0.15) is 0 Å². The van der Waals surface area contributed by atoms with Crippen molar-refractivity contribution >= 4 is 41.0 Å². The second-order valence-electron chi connectivity index (χ2n) is 7.95. The normalized spacial score (nSPS) is 25.9. The molecule has 0 radical (unpaired) electrons. The van der Waals surface area contributed by atoms with Crippen molar-refractivity contribution in [1.82, 2.24) is 4.90 Å². The number of nitrogens with zero attached hydrogens (tertiary/aromatic N) is 1. The molecular weight excluding hydrogens is 425 g/mol. The topological polar surface area (TPSA) is 63.7 Å². The molecule has 5 nitrogen and oxygen atoms in total. The molecule has 0 spiro atoms. The molecule has 0 saturated carbocycles. The van der Waals surface area contributed by atoms with Crippen LogP contribution in [0.2, 0.25) is 0 Å². The van der Waals surface area contributed by atoms with Gasteiger partial charge >= 0.3 is 5.97 Å². The van der Waals surface area contributed by atoms with Crippen molar-refractivity contribution in [2.24, 2.45) is 11.8 Å². The van der Waals surface area contributed by atoms with Gasteiger partial charge in [0.05, 0.1) is 23.6 Å². The fourth-order valence-electron chi connectivity index (χ4n) is 5.35. The average molecular weight is 444 g/mol. The molecule has 4 aliphatic rings. The van der Waals surface area contributed by atoms with Gasteiger partial charge in [0.2, 0.25) is 11.8 Å². The number of ether oxygens (including phenoxy) is 1. The van der Waals surface area contributed by atoms with Crippen LogP contribution in [-0.2, 0) is 19.1 Å². The molecule has 1 fully saturated rings. The van der Waals surface area contributed by atoms with E-state index in [1.807, 2.05) is 48.5 Å². The Morgan fingerprint density at radius 2 is 1.23 bits per heavy atom. The van der Waals surface area contributed by atoms with Crippen molar-refractivity contribution in [2.45, 2.75) is 17.9 Å². The first-order valence-electron chi connectivity index (χ1n) is 9.91. The molecule has 2 bridgehead atoms. The molecule has 3 aliphatic carbocycles. The molecule has 1 saturated heterocycles. The molecule has 0 unspecified atom stereocenters. The van der Waals surface area contributed by atoms with Crippen LogP contribution < -0.4 is 0 Å². The van der Waals surface area contributed by atoms with Crippen LogP contribution >= 0.6 is 23.2 Å². The molecule has 1 heterocycles. The van der Waals surface area contributed by atoms with E-state index >= 15 is 0 Å². The first-order chi connectivity index (χ1) is 14.6. The Hall–Kier alpha value is -2.37. The highest BCUT2D eigenvalue weighted by atomic mass is 35.5. The number of hydrogen-bond donors (Lipinski definition) is 0. The molecule has 6 rings (SSSR count). The van der Waals surface area contributed by atoms with Gasteiger partial charge < -0.3 is 4.74 Å². The van der Waals surface area contributed by atoms with Crippen molar-refractivity contribution < 1.29 is 19.1 Å². The van der Waals surface area contributed by atoms with Crippen molar-refractivity contribution in [3.8, 4) is 0 Å². The van der Waals surface area contributed by atoms with Gasteiger partial charge in [0.25, 0.3) is 0 Å². The first kappa shape index (κ1) is 19.6. The minimum atomic E-state index is -0.677. The van der Waals surface area contributed by atoms with E-state index in [-0.39, 0.29) is 35.4 Å². The van der Waals surface area contributed by atoms with Gasteiger partial charge in [0.1, 0.15) is 12.6 Å². The molecule has 2 atom stereocenters. The predicted octanol–water partition coefficient (Wildman–Crippen LogP) is 3.27. The van der Waals surface area contributed by atoms with Gasteiger partial charge in [-0.3, -0.25) is 19.3 Å². The van der Waals surface area contributed by atoms with Crippen LogP contribution in [0.1, 0.15) is 34.1 Å². The van der Waals surface area contributed by atoms with Gasteiger partial charge in [0, 0.05) is 11.8 Å².